The van der Waals surface area contributed by atoms with Crippen molar-refractivity contribution >= 4 is 17.5 Å². The molecule has 0 aliphatic heterocycles. The summed E-state index contributed by atoms with van der Waals surface area (Å²) in [6.45, 7) is 1.97. The van der Waals surface area contributed by atoms with E-state index in [9.17, 15) is 4.79 Å². The minimum Gasteiger partial charge on any atom is -0.479 e. The van der Waals surface area contributed by atoms with E-state index < -0.39 is 5.97 Å². The molecule has 0 amide bonds. The van der Waals surface area contributed by atoms with E-state index in [1.54, 1.807) is 0 Å². The fourth-order valence-corrected chi connectivity index (χ4v) is 1.62. The predicted octanol–water partition coefficient (Wildman–Crippen LogP) is 2.24. The molecular formula is C13H13N3O3. The molecule has 0 saturated carbocycles. The van der Waals surface area contributed by atoms with Gasteiger partial charge in [-0.25, -0.2) is 4.79 Å². The maximum absolute atomic E-state index is 11.1. The first kappa shape index (κ1) is 12.8. The number of ether oxygens (including phenoxy) is 1. The maximum Gasteiger partial charge on any atom is 0.341 e. The summed E-state index contributed by atoms with van der Waals surface area (Å²) in [7, 11) is 1.35. The van der Waals surface area contributed by atoms with Crippen LogP contribution in [0.5, 0.6) is 5.88 Å². The van der Waals surface area contributed by atoms with E-state index in [4.69, 9.17) is 9.84 Å². The lowest BCUT2D eigenvalue weighted by molar-refractivity contribution is 0.0692. The minimum atomic E-state index is -1.11. The van der Waals surface area contributed by atoms with Gasteiger partial charge in [-0.1, -0.05) is 12.1 Å². The molecule has 0 radical (unpaired) electrons. The van der Waals surface area contributed by atoms with Gasteiger partial charge in [0.25, 0.3) is 0 Å². The molecule has 6 nitrogen and oxygen atoms in total. The fraction of sp³-hybridized carbons (Fsp3) is 0.154. The third-order valence-electron chi connectivity index (χ3n) is 2.47. The van der Waals surface area contributed by atoms with E-state index in [2.05, 4.69) is 15.5 Å². The van der Waals surface area contributed by atoms with Crippen LogP contribution in [-0.4, -0.2) is 28.4 Å². The first-order chi connectivity index (χ1) is 9.10. The molecule has 1 heterocycles. The Kier molecular flexibility index (Phi) is 3.61. The second-order valence-electron chi connectivity index (χ2n) is 3.95. The van der Waals surface area contributed by atoms with Gasteiger partial charge in [0.05, 0.1) is 7.11 Å². The lowest BCUT2D eigenvalue weighted by Crippen LogP contribution is -2.06. The molecular weight excluding hydrogens is 246 g/mol. The highest BCUT2D eigenvalue weighted by Crippen LogP contribution is 2.20. The Morgan fingerprint density at radius 3 is 2.74 bits per heavy atom. The summed E-state index contributed by atoms with van der Waals surface area (Å²) in [5.74, 6) is -0.773. The number of aromatic nitrogens is 2. The number of aromatic carboxylic acids is 1. The van der Waals surface area contributed by atoms with Crippen LogP contribution < -0.4 is 10.1 Å². The number of aryl methyl sites for hydroxylation is 1. The number of nitrogens with zero attached hydrogens (tertiary/aromatic N) is 2. The molecule has 0 bridgehead atoms. The molecule has 0 saturated heterocycles. The lowest BCUT2D eigenvalue weighted by Gasteiger charge is -2.08. The molecule has 0 atom stereocenters. The fourth-order valence-electron chi connectivity index (χ4n) is 1.62. The van der Waals surface area contributed by atoms with E-state index in [0.29, 0.717) is 5.82 Å². The molecule has 2 aromatic rings. The van der Waals surface area contributed by atoms with Crippen LogP contribution in [-0.2, 0) is 0 Å². The number of hydrogen-bond acceptors (Lipinski definition) is 5. The first-order valence-electron chi connectivity index (χ1n) is 5.59. The second kappa shape index (κ2) is 5.34. The van der Waals surface area contributed by atoms with Crippen LogP contribution >= 0.6 is 0 Å². The van der Waals surface area contributed by atoms with Gasteiger partial charge in [-0.05, 0) is 24.6 Å². The predicted molar refractivity (Wildman–Crippen MR) is 70.0 cm³/mol. The molecule has 0 aliphatic carbocycles. The zero-order chi connectivity index (χ0) is 13.8. The number of carboxylic acids is 1. The summed E-state index contributed by atoms with van der Waals surface area (Å²) < 4.78 is 4.85. The highest BCUT2D eigenvalue weighted by molar-refractivity contribution is 5.91. The quantitative estimate of drug-likeness (QED) is 0.875. The highest BCUT2D eigenvalue weighted by Gasteiger charge is 2.14. The number of methoxy groups -OCH3 is 1. The van der Waals surface area contributed by atoms with E-state index in [1.807, 2.05) is 31.2 Å². The summed E-state index contributed by atoms with van der Waals surface area (Å²) in [5, 5.41) is 19.6. The average molecular weight is 259 g/mol. The molecule has 0 fully saturated rings. The number of hydrogen-bond donors (Lipinski definition) is 2. The van der Waals surface area contributed by atoms with Gasteiger partial charge in [-0.2, -0.15) is 0 Å². The van der Waals surface area contributed by atoms with Crippen molar-refractivity contribution in [3.63, 3.8) is 0 Å². The average Bonchev–Trinajstić information content (AvgIpc) is 2.38. The first-order valence-corrected chi connectivity index (χ1v) is 5.59. The topological polar surface area (TPSA) is 84.3 Å². The zero-order valence-corrected chi connectivity index (χ0v) is 10.5. The monoisotopic (exact) mass is 259 g/mol. The van der Waals surface area contributed by atoms with Crippen molar-refractivity contribution in [1.82, 2.24) is 10.2 Å². The Morgan fingerprint density at radius 2 is 2.11 bits per heavy atom. The van der Waals surface area contributed by atoms with Crippen LogP contribution in [0.4, 0.5) is 11.5 Å². The van der Waals surface area contributed by atoms with E-state index >= 15 is 0 Å². The number of rotatable bonds is 4. The molecule has 19 heavy (non-hydrogen) atoms. The largest absolute Gasteiger partial charge is 0.479 e. The number of benzene rings is 1. The van der Waals surface area contributed by atoms with Gasteiger partial charge in [0.1, 0.15) is 5.56 Å². The Labute approximate surface area is 110 Å². The SMILES string of the molecule is COc1nnc(Nc2cccc(C)c2)cc1C(=O)O. The van der Waals surface area contributed by atoms with Crippen molar-refractivity contribution in [1.29, 1.82) is 0 Å². The minimum absolute atomic E-state index is 0.0118. The second-order valence-corrected chi connectivity index (χ2v) is 3.95. The number of anilines is 2. The Balaban J connectivity index is 2.31. The van der Waals surface area contributed by atoms with Crippen molar-refractivity contribution in [2.75, 3.05) is 12.4 Å². The molecule has 6 heteroatoms. The number of carboxylic acid groups (broad SMARTS) is 1. The van der Waals surface area contributed by atoms with Gasteiger partial charge in [-0.3, -0.25) is 0 Å². The van der Waals surface area contributed by atoms with Gasteiger partial charge in [-0.15, -0.1) is 10.2 Å². The van der Waals surface area contributed by atoms with E-state index in [0.717, 1.165) is 11.3 Å². The van der Waals surface area contributed by atoms with Gasteiger partial charge >= 0.3 is 5.97 Å². The van der Waals surface area contributed by atoms with Gasteiger partial charge in [0, 0.05) is 11.8 Å². The molecule has 98 valence electrons. The van der Waals surface area contributed by atoms with Gasteiger partial charge in [0.15, 0.2) is 5.82 Å². The Bertz CT molecular complexity index is 614. The van der Waals surface area contributed by atoms with Crippen molar-refractivity contribution in [2.45, 2.75) is 6.92 Å². The van der Waals surface area contributed by atoms with Crippen LogP contribution in [0.1, 0.15) is 15.9 Å². The summed E-state index contributed by atoms with van der Waals surface area (Å²) in [6, 6.07) is 9.03. The maximum atomic E-state index is 11.1. The smallest absolute Gasteiger partial charge is 0.341 e. The van der Waals surface area contributed by atoms with Crippen molar-refractivity contribution < 1.29 is 14.6 Å². The Hall–Kier alpha value is -2.63. The molecule has 1 aromatic carbocycles. The zero-order valence-electron chi connectivity index (χ0n) is 10.5. The molecule has 0 aliphatic rings. The van der Waals surface area contributed by atoms with E-state index in [1.165, 1.54) is 13.2 Å². The number of nitrogens with one attached hydrogen (secondary N) is 1. The van der Waals surface area contributed by atoms with Crippen molar-refractivity contribution in [2.24, 2.45) is 0 Å². The third kappa shape index (κ3) is 2.98. The van der Waals surface area contributed by atoms with Crippen LogP contribution in [0.15, 0.2) is 30.3 Å². The third-order valence-corrected chi connectivity index (χ3v) is 2.47. The van der Waals surface area contributed by atoms with Crippen molar-refractivity contribution in [3.05, 3.63) is 41.5 Å². The summed E-state index contributed by atoms with van der Waals surface area (Å²) >= 11 is 0. The van der Waals surface area contributed by atoms with Crippen molar-refractivity contribution in [3.8, 4) is 5.88 Å². The standard InChI is InChI=1S/C13H13N3O3/c1-8-4-3-5-9(6-8)14-11-7-10(13(17)18)12(19-2)16-15-11/h3-7H,1-2H3,(H,14,15)(H,17,18). The summed E-state index contributed by atoms with van der Waals surface area (Å²) in [4.78, 5) is 11.1. The number of carbonyl (C=O) groups is 1. The van der Waals surface area contributed by atoms with Crippen LogP contribution in [0.3, 0.4) is 0 Å². The van der Waals surface area contributed by atoms with Gasteiger partial charge < -0.3 is 15.2 Å². The normalized spacial score (nSPS) is 10.0. The molecule has 2 rings (SSSR count). The molecule has 1 aromatic heterocycles. The summed E-state index contributed by atoms with van der Waals surface area (Å²) in [5.41, 5.74) is 1.87. The van der Waals surface area contributed by atoms with Crippen LogP contribution in [0, 0.1) is 6.92 Å². The van der Waals surface area contributed by atoms with Gasteiger partial charge in [0.2, 0.25) is 5.88 Å². The molecule has 2 N–H and O–H groups in total. The van der Waals surface area contributed by atoms with Crippen LogP contribution in [0.25, 0.3) is 0 Å². The van der Waals surface area contributed by atoms with E-state index in [-0.39, 0.29) is 11.4 Å². The summed E-state index contributed by atoms with van der Waals surface area (Å²) in [6.07, 6.45) is 0. The highest BCUT2D eigenvalue weighted by atomic mass is 16.5. The lowest BCUT2D eigenvalue weighted by atomic mass is 10.2. The van der Waals surface area contributed by atoms with Crippen LogP contribution in [0.2, 0.25) is 0 Å². The Morgan fingerprint density at radius 1 is 1.32 bits per heavy atom. The molecule has 0 spiro atoms. The molecule has 0 unspecified atom stereocenters.